The van der Waals surface area contributed by atoms with Gasteiger partial charge < -0.3 is 5.11 Å². The van der Waals surface area contributed by atoms with E-state index in [0.717, 1.165) is 5.56 Å². The molecular formula is C15H22FNO3. The fourth-order valence-electron chi connectivity index (χ4n) is 2.07. The van der Waals surface area contributed by atoms with E-state index in [1.54, 1.807) is 0 Å². The largest absolute Gasteiger partial charge is 0.481 e. The molecule has 1 aromatic rings. The zero-order valence-electron chi connectivity index (χ0n) is 11.9. The van der Waals surface area contributed by atoms with Gasteiger partial charge in [-0.3, -0.25) is 9.63 Å². The van der Waals surface area contributed by atoms with E-state index in [4.69, 9.17) is 4.84 Å². The van der Waals surface area contributed by atoms with Gasteiger partial charge in [0, 0.05) is 6.54 Å². The van der Waals surface area contributed by atoms with Gasteiger partial charge in [-0.2, -0.15) is 0 Å². The molecular weight excluding hydrogens is 261 g/mol. The van der Waals surface area contributed by atoms with Gasteiger partial charge in [-0.1, -0.05) is 44.2 Å². The van der Waals surface area contributed by atoms with Crippen molar-refractivity contribution in [1.29, 1.82) is 0 Å². The molecule has 1 atom stereocenters. The van der Waals surface area contributed by atoms with E-state index in [9.17, 15) is 14.3 Å². The Morgan fingerprint density at radius 1 is 1.40 bits per heavy atom. The number of halogens is 1. The lowest BCUT2D eigenvalue weighted by atomic mass is 9.81. The van der Waals surface area contributed by atoms with Crippen molar-refractivity contribution < 1.29 is 19.1 Å². The van der Waals surface area contributed by atoms with Crippen molar-refractivity contribution in [2.24, 2.45) is 11.3 Å². The van der Waals surface area contributed by atoms with Crippen molar-refractivity contribution in [1.82, 2.24) is 5.48 Å². The predicted molar refractivity (Wildman–Crippen MR) is 74.7 cm³/mol. The first kappa shape index (κ1) is 16.6. The number of alkyl halides is 1. The molecule has 0 bridgehead atoms. The van der Waals surface area contributed by atoms with Crippen LogP contribution in [0.1, 0.15) is 25.8 Å². The van der Waals surface area contributed by atoms with E-state index in [0.29, 0.717) is 6.61 Å². The smallest absolute Gasteiger partial charge is 0.313 e. The number of benzene rings is 1. The normalized spacial score (nSPS) is 14.2. The van der Waals surface area contributed by atoms with Crippen molar-refractivity contribution in [3.05, 3.63) is 35.9 Å². The van der Waals surface area contributed by atoms with Gasteiger partial charge in [-0.05, 0) is 17.9 Å². The second-order valence-electron chi connectivity index (χ2n) is 5.41. The number of carboxylic acid groups (broad SMARTS) is 1. The van der Waals surface area contributed by atoms with Crippen molar-refractivity contribution in [3.8, 4) is 0 Å². The van der Waals surface area contributed by atoms with Crippen LogP contribution in [0.2, 0.25) is 0 Å². The van der Waals surface area contributed by atoms with Gasteiger partial charge in [0.05, 0.1) is 6.61 Å². The fraction of sp³-hybridized carbons (Fsp3) is 0.533. The molecule has 1 rings (SSSR count). The number of hydrogen-bond donors (Lipinski definition) is 2. The minimum absolute atomic E-state index is 0.0517. The molecule has 0 heterocycles. The summed E-state index contributed by atoms with van der Waals surface area (Å²) in [6, 6.07) is 9.48. The maximum absolute atomic E-state index is 13.2. The SMILES string of the molecule is CC(C)CC(CF)(CNOCc1ccccc1)C(=O)O. The first-order valence-corrected chi connectivity index (χ1v) is 6.68. The van der Waals surface area contributed by atoms with Gasteiger partial charge in [-0.15, -0.1) is 0 Å². The highest BCUT2D eigenvalue weighted by atomic mass is 19.1. The minimum atomic E-state index is -1.43. The van der Waals surface area contributed by atoms with E-state index in [1.165, 1.54) is 0 Å². The molecule has 4 nitrogen and oxygen atoms in total. The van der Waals surface area contributed by atoms with Gasteiger partial charge in [0.25, 0.3) is 0 Å². The predicted octanol–water partition coefficient (Wildman–Crippen LogP) is 2.79. The van der Waals surface area contributed by atoms with E-state index in [2.05, 4.69) is 5.48 Å². The zero-order valence-corrected chi connectivity index (χ0v) is 11.9. The van der Waals surface area contributed by atoms with Crippen LogP contribution in [0.15, 0.2) is 30.3 Å². The highest BCUT2D eigenvalue weighted by Gasteiger charge is 2.39. The molecule has 112 valence electrons. The third-order valence-corrected chi connectivity index (χ3v) is 3.10. The lowest BCUT2D eigenvalue weighted by Gasteiger charge is -2.28. The molecule has 0 amide bonds. The summed E-state index contributed by atoms with van der Waals surface area (Å²) in [4.78, 5) is 16.5. The molecule has 0 aliphatic carbocycles. The number of hydroxylamine groups is 1. The van der Waals surface area contributed by atoms with Crippen LogP contribution in [0.25, 0.3) is 0 Å². The minimum Gasteiger partial charge on any atom is -0.481 e. The molecule has 0 spiro atoms. The monoisotopic (exact) mass is 283 g/mol. The van der Waals surface area contributed by atoms with E-state index >= 15 is 0 Å². The first-order valence-electron chi connectivity index (χ1n) is 6.68. The molecule has 1 aromatic carbocycles. The van der Waals surface area contributed by atoms with Crippen molar-refractivity contribution in [2.45, 2.75) is 26.9 Å². The Balaban J connectivity index is 2.48. The molecule has 2 N–H and O–H groups in total. The summed E-state index contributed by atoms with van der Waals surface area (Å²) in [5, 5.41) is 9.25. The van der Waals surface area contributed by atoms with Crippen molar-refractivity contribution >= 4 is 5.97 Å². The summed E-state index contributed by atoms with van der Waals surface area (Å²) in [6.07, 6.45) is 0.264. The van der Waals surface area contributed by atoms with Crippen LogP contribution < -0.4 is 5.48 Å². The van der Waals surface area contributed by atoms with Crippen LogP contribution >= 0.6 is 0 Å². The second-order valence-corrected chi connectivity index (χ2v) is 5.41. The third kappa shape index (κ3) is 4.90. The van der Waals surface area contributed by atoms with Crippen molar-refractivity contribution in [3.63, 3.8) is 0 Å². The number of carbonyl (C=O) groups is 1. The molecule has 0 aliphatic heterocycles. The van der Waals surface area contributed by atoms with Gasteiger partial charge in [0.2, 0.25) is 0 Å². The van der Waals surface area contributed by atoms with Crippen LogP contribution in [0.3, 0.4) is 0 Å². The number of carboxylic acids is 1. The van der Waals surface area contributed by atoms with Crippen LogP contribution in [0, 0.1) is 11.3 Å². The van der Waals surface area contributed by atoms with Crippen molar-refractivity contribution in [2.75, 3.05) is 13.2 Å². The van der Waals surface area contributed by atoms with Crippen LogP contribution in [0.4, 0.5) is 4.39 Å². The first-order chi connectivity index (χ1) is 9.50. The lowest BCUT2D eigenvalue weighted by Crippen LogP contribution is -2.44. The molecule has 0 saturated carbocycles. The standard InChI is InChI=1S/C15H22FNO3/c1-12(2)8-15(10-16,14(18)19)11-17-20-9-13-6-4-3-5-7-13/h3-7,12,17H,8-11H2,1-2H3,(H,18,19). The van der Waals surface area contributed by atoms with Crippen LogP contribution in [-0.4, -0.2) is 24.3 Å². The number of hydrogen-bond acceptors (Lipinski definition) is 3. The average molecular weight is 283 g/mol. The maximum Gasteiger partial charge on any atom is 0.313 e. The topological polar surface area (TPSA) is 58.6 Å². The van der Waals surface area contributed by atoms with Crippen LogP contribution in [-0.2, 0) is 16.2 Å². The third-order valence-electron chi connectivity index (χ3n) is 3.10. The molecule has 1 unspecified atom stereocenters. The lowest BCUT2D eigenvalue weighted by molar-refractivity contribution is -0.153. The zero-order chi connectivity index (χ0) is 15.0. The molecule has 0 fully saturated rings. The molecule has 20 heavy (non-hydrogen) atoms. The quantitative estimate of drug-likeness (QED) is 0.540. The second kappa shape index (κ2) is 7.97. The summed E-state index contributed by atoms with van der Waals surface area (Å²) in [5.74, 6) is -1.04. The van der Waals surface area contributed by atoms with E-state index in [1.807, 2.05) is 44.2 Å². The Labute approximate surface area is 118 Å². The van der Waals surface area contributed by atoms with Gasteiger partial charge >= 0.3 is 5.97 Å². The fourth-order valence-corrected chi connectivity index (χ4v) is 2.07. The Bertz CT molecular complexity index is 411. The van der Waals surface area contributed by atoms with E-state index in [-0.39, 0.29) is 18.9 Å². The number of nitrogens with one attached hydrogen (secondary N) is 1. The molecule has 0 saturated heterocycles. The maximum atomic E-state index is 13.2. The Kier molecular flexibility index (Phi) is 6.61. The summed E-state index contributed by atoms with van der Waals surface area (Å²) in [7, 11) is 0. The Morgan fingerprint density at radius 3 is 2.55 bits per heavy atom. The van der Waals surface area contributed by atoms with Gasteiger partial charge in [0.15, 0.2) is 0 Å². The van der Waals surface area contributed by atoms with E-state index < -0.39 is 18.1 Å². The summed E-state index contributed by atoms with van der Waals surface area (Å²) >= 11 is 0. The molecule has 0 aliphatic rings. The molecule has 0 radical (unpaired) electrons. The Hall–Kier alpha value is -1.46. The van der Waals surface area contributed by atoms with Gasteiger partial charge in [0.1, 0.15) is 12.1 Å². The Morgan fingerprint density at radius 2 is 2.05 bits per heavy atom. The number of rotatable bonds is 9. The molecule has 5 heteroatoms. The summed E-state index contributed by atoms with van der Waals surface area (Å²) in [5.41, 5.74) is 2.13. The number of aliphatic carboxylic acids is 1. The highest BCUT2D eigenvalue weighted by molar-refractivity contribution is 5.75. The average Bonchev–Trinajstić information content (AvgIpc) is 2.42. The molecule has 0 aromatic heterocycles. The highest BCUT2D eigenvalue weighted by Crippen LogP contribution is 2.27. The van der Waals surface area contributed by atoms with Crippen LogP contribution in [0.5, 0.6) is 0 Å². The summed E-state index contributed by atoms with van der Waals surface area (Å²) in [6.45, 7) is 3.09. The summed E-state index contributed by atoms with van der Waals surface area (Å²) < 4.78 is 13.2. The van der Waals surface area contributed by atoms with Gasteiger partial charge in [-0.25, -0.2) is 9.87 Å².